The summed E-state index contributed by atoms with van der Waals surface area (Å²) in [6.07, 6.45) is 3.50. The van der Waals surface area contributed by atoms with Crippen molar-refractivity contribution in [2.24, 2.45) is 0 Å². The minimum absolute atomic E-state index is 0.145. The molecule has 0 radical (unpaired) electrons. The Bertz CT molecular complexity index is 667. The summed E-state index contributed by atoms with van der Waals surface area (Å²) in [6, 6.07) is 7.89. The van der Waals surface area contributed by atoms with Crippen LogP contribution in [0.25, 0.3) is 11.5 Å². The van der Waals surface area contributed by atoms with Crippen molar-refractivity contribution < 1.29 is 8.83 Å². The fraction of sp³-hybridized carbons (Fsp3) is 0.267. The van der Waals surface area contributed by atoms with Gasteiger partial charge in [0, 0.05) is 12.1 Å². The molecule has 3 aromatic rings. The number of nitrogens with zero attached hydrogens (tertiary/aromatic N) is 1. The van der Waals surface area contributed by atoms with Gasteiger partial charge in [0.05, 0.1) is 18.5 Å². The highest BCUT2D eigenvalue weighted by Crippen LogP contribution is 2.24. The van der Waals surface area contributed by atoms with Crippen LogP contribution in [0, 0.1) is 6.92 Å². The van der Waals surface area contributed by atoms with Gasteiger partial charge in [0.25, 0.3) is 0 Å². The van der Waals surface area contributed by atoms with Crippen molar-refractivity contribution in [2.75, 3.05) is 0 Å². The molecular formula is C15H17N3O2. The molecule has 1 atom stereocenters. The fourth-order valence-corrected chi connectivity index (χ4v) is 2.13. The van der Waals surface area contributed by atoms with E-state index in [1.807, 2.05) is 37.4 Å². The second-order valence-electron chi connectivity index (χ2n) is 4.80. The average Bonchev–Trinajstić information content (AvgIpc) is 3.16. The maximum Gasteiger partial charge on any atom is 0.152 e. The molecule has 3 heterocycles. The number of H-pyrrole nitrogens is 1. The Hall–Kier alpha value is -2.27. The number of hydrogen-bond donors (Lipinski definition) is 2. The van der Waals surface area contributed by atoms with E-state index in [0.29, 0.717) is 6.54 Å². The summed E-state index contributed by atoms with van der Waals surface area (Å²) in [5, 5.41) is 10.5. The van der Waals surface area contributed by atoms with Crippen LogP contribution in [0.2, 0.25) is 0 Å². The highest BCUT2D eigenvalue weighted by molar-refractivity contribution is 5.56. The molecule has 104 valence electrons. The topological polar surface area (TPSA) is 67.0 Å². The van der Waals surface area contributed by atoms with Crippen LogP contribution in [-0.4, -0.2) is 10.2 Å². The Morgan fingerprint density at radius 3 is 2.95 bits per heavy atom. The third kappa shape index (κ3) is 2.53. The zero-order chi connectivity index (χ0) is 13.9. The van der Waals surface area contributed by atoms with Gasteiger partial charge in [0.15, 0.2) is 5.76 Å². The van der Waals surface area contributed by atoms with Crippen LogP contribution >= 0.6 is 0 Å². The van der Waals surface area contributed by atoms with E-state index >= 15 is 0 Å². The lowest BCUT2D eigenvalue weighted by atomic mass is 10.2. The largest absolute Gasteiger partial charge is 0.468 e. The predicted molar refractivity (Wildman–Crippen MR) is 75.0 cm³/mol. The molecule has 3 aromatic heterocycles. The summed E-state index contributed by atoms with van der Waals surface area (Å²) in [4.78, 5) is 0. The second-order valence-corrected chi connectivity index (χ2v) is 4.80. The third-order valence-corrected chi connectivity index (χ3v) is 3.27. The van der Waals surface area contributed by atoms with Gasteiger partial charge in [-0.3, -0.25) is 5.10 Å². The summed E-state index contributed by atoms with van der Waals surface area (Å²) in [7, 11) is 0. The molecule has 20 heavy (non-hydrogen) atoms. The average molecular weight is 271 g/mol. The number of aryl methyl sites for hydroxylation is 1. The Morgan fingerprint density at radius 1 is 1.35 bits per heavy atom. The van der Waals surface area contributed by atoms with Crippen LogP contribution in [0.3, 0.4) is 0 Å². The molecule has 0 aliphatic heterocycles. The number of aromatic amines is 1. The minimum Gasteiger partial charge on any atom is -0.468 e. The normalized spacial score (nSPS) is 12.7. The Kier molecular flexibility index (Phi) is 3.43. The lowest BCUT2D eigenvalue weighted by Crippen LogP contribution is -2.17. The van der Waals surface area contributed by atoms with Crippen molar-refractivity contribution >= 4 is 0 Å². The van der Waals surface area contributed by atoms with Crippen LogP contribution in [0.4, 0.5) is 0 Å². The van der Waals surface area contributed by atoms with Gasteiger partial charge in [-0.05, 0) is 38.1 Å². The van der Waals surface area contributed by atoms with Crippen molar-refractivity contribution in [3.8, 4) is 11.5 Å². The first-order chi connectivity index (χ1) is 9.74. The lowest BCUT2D eigenvalue weighted by Gasteiger charge is -2.10. The second kappa shape index (κ2) is 5.38. The summed E-state index contributed by atoms with van der Waals surface area (Å²) < 4.78 is 11.0. The van der Waals surface area contributed by atoms with E-state index in [1.54, 1.807) is 6.26 Å². The van der Waals surface area contributed by atoms with E-state index in [-0.39, 0.29) is 6.04 Å². The molecule has 0 spiro atoms. The van der Waals surface area contributed by atoms with Gasteiger partial charge in [-0.25, -0.2) is 0 Å². The van der Waals surface area contributed by atoms with Crippen LogP contribution < -0.4 is 5.32 Å². The zero-order valence-electron chi connectivity index (χ0n) is 11.5. The molecule has 0 aromatic carbocycles. The quantitative estimate of drug-likeness (QED) is 0.746. The van der Waals surface area contributed by atoms with Gasteiger partial charge in [-0.15, -0.1) is 0 Å². The molecule has 0 fully saturated rings. The molecule has 0 aliphatic carbocycles. The number of nitrogens with one attached hydrogen (secondary N) is 2. The predicted octanol–water partition coefficient (Wildman–Crippen LogP) is 3.42. The Morgan fingerprint density at radius 2 is 2.25 bits per heavy atom. The molecule has 0 amide bonds. The highest BCUT2D eigenvalue weighted by atomic mass is 16.3. The summed E-state index contributed by atoms with van der Waals surface area (Å²) in [5.74, 6) is 2.61. The number of aromatic nitrogens is 2. The minimum atomic E-state index is 0.145. The first kappa shape index (κ1) is 12.7. The van der Waals surface area contributed by atoms with Gasteiger partial charge in [0.2, 0.25) is 0 Å². The van der Waals surface area contributed by atoms with E-state index in [2.05, 4.69) is 22.4 Å². The van der Waals surface area contributed by atoms with Crippen molar-refractivity contribution in [1.29, 1.82) is 0 Å². The molecule has 0 unspecified atom stereocenters. The molecule has 5 nitrogen and oxygen atoms in total. The Labute approximate surface area is 117 Å². The SMILES string of the molecule is Cc1ccc(-c2[nH]ncc2CN[C@H](C)c2ccco2)o1. The number of hydrogen-bond acceptors (Lipinski definition) is 4. The smallest absolute Gasteiger partial charge is 0.152 e. The molecule has 3 rings (SSSR count). The van der Waals surface area contributed by atoms with E-state index in [1.165, 1.54) is 0 Å². The van der Waals surface area contributed by atoms with Gasteiger partial charge >= 0.3 is 0 Å². The summed E-state index contributed by atoms with van der Waals surface area (Å²) >= 11 is 0. The highest BCUT2D eigenvalue weighted by Gasteiger charge is 2.13. The van der Waals surface area contributed by atoms with Gasteiger partial charge in [-0.2, -0.15) is 5.10 Å². The summed E-state index contributed by atoms with van der Waals surface area (Å²) in [5.41, 5.74) is 1.98. The summed E-state index contributed by atoms with van der Waals surface area (Å²) in [6.45, 7) is 4.68. The van der Waals surface area contributed by atoms with Gasteiger partial charge < -0.3 is 14.2 Å². The van der Waals surface area contributed by atoms with Crippen molar-refractivity contribution in [3.05, 3.63) is 53.8 Å². The zero-order valence-corrected chi connectivity index (χ0v) is 11.5. The molecule has 5 heteroatoms. The third-order valence-electron chi connectivity index (χ3n) is 3.27. The Balaban J connectivity index is 1.71. The molecule has 0 saturated heterocycles. The maximum atomic E-state index is 5.63. The standard InChI is InChI=1S/C15H17N3O2/c1-10-5-6-14(20-10)15-12(9-17-18-15)8-16-11(2)13-4-3-7-19-13/h3-7,9,11,16H,8H2,1-2H3,(H,17,18)/t11-/m1/s1. The van der Waals surface area contributed by atoms with Crippen LogP contribution in [0.1, 0.15) is 30.0 Å². The molecule has 0 saturated carbocycles. The van der Waals surface area contributed by atoms with Crippen molar-refractivity contribution in [1.82, 2.24) is 15.5 Å². The van der Waals surface area contributed by atoms with E-state index < -0.39 is 0 Å². The monoisotopic (exact) mass is 271 g/mol. The van der Waals surface area contributed by atoms with Crippen LogP contribution in [0.5, 0.6) is 0 Å². The maximum absolute atomic E-state index is 5.63. The van der Waals surface area contributed by atoms with Crippen LogP contribution in [0.15, 0.2) is 45.6 Å². The number of furan rings is 2. The van der Waals surface area contributed by atoms with E-state index in [9.17, 15) is 0 Å². The fourth-order valence-electron chi connectivity index (χ4n) is 2.13. The molecular weight excluding hydrogens is 254 g/mol. The van der Waals surface area contributed by atoms with Crippen LogP contribution in [-0.2, 0) is 6.54 Å². The first-order valence-electron chi connectivity index (χ1n) is 6.60. The van der Waals surface area contributed by atoms with E-state index in [0.717, 1.165) is 28.5 Å². The van der Waals surface area contributed by atoms with Crippen molar-refractivity contribution in [2.45, 2.75) is 26.4 Å². The molecule has 0 bridgehead atoms. The lowest BCUT2D eigenvalue weighted by molar-refractivity contribution is 0.430. The first-order valence-corrected chi connectivity index (χ1v) is 6.60. The van der Waals surface area contributed by atoms with Gasteiger partial charge in [-0.1, -0.05) is 0 Å². The number of rotatable bonds is 5. The molecule has 2 N–H and O–H groups in total. The molecule has 0 aliphatic rings. The van der Waals surface area contributed by atoms with E-state index in [4.69, 9.17) is 8.83 Å². The van der Waals surface area contributed by atoms with Crippen molar-refractivity contribution in [3.63, 3.8) is 0 Å². The van der Waals surface area contributed by atoms with Gasteiger partial charge in [0.1, 0.15) is 17.2 Å².